The Morgan fingerprint density at radius 3 is 2.60 bits per heavy atom. The Morgan fingerprint density at radius 2 is 1.90 bits per heavy atom. The summed E-state index contributed by atoms with van der Waals surface area (Å²) in [6, 6.07) is 7.03. The first-order chi connectivity index (χ1) is 14.3. The van der Waals surface area contributed by atoms with Crippen LogP contribution >= 0.6 is 0 Å². The van der Waals surface area contributed by atoms with E-state index >= 15 is 0 Å². The summed E-state index contributed by atoms with van der Waals surface area (Å²) in [5.74, 6) is 0.889. The molecule has 0 atom stereocenters. The van der Waals surface area contributed by atoms with Gasteiger partial charge in [-0.05, 0) is 44.5 Å². The Labute approximate surface area is 174 Å². The van der Waals surface area contributed by atoms with Crippen LogP contribution in [0.2, 0.25) is 0 Å². The lowest BCUT2D eigenvalue weighted by Crippen LogP contribution is -2.34. The molecule has 0 aliphatic carbocycles. The Morgan fingerprint density at radius 1 is 1.17 bits per heavy atom. The number of nitrogens with zero attached hydrogens (tertiary/aromatic N) is 4. The lowest BCUT2D eigenvalue weighted by atomic mass is 10.1. The minimum absolute atomic E-state index is 0.150. The Kier molecular flexibility index (Phi) is 4.85. The lowest BCUT2D eigenvalue weighted by molar-refractivity contribution is 0.0782. The van der Waals surface area contributed by atoms with E-state index in [0.29, 0.717) is 29.3 Å². The van der Waals surface area contributed by atoms with Crippen molar-refractivity contribution in [2.45, 2.75) is 27.3 Å². The number of pyridine rings is 1. The molecule has 30 heavy (non-hydrogen) atoms. The molecular formula is C22H24N4O4. The van der Waals surface area contributed by atoms with Gasteiger partial charge in [0.2, 0.25) is 6.79 Å². The van der Waals surface area contributed by atoms with Crippen LogP contribution in [0.1, 0.15) is 32.9 Å². The number of amides is 1. The number of aryl methyl sites for hydroxylation is 3. The number of rotatable bonds is 4. The highest BCUT2D eigenvalue weighted by Crippen LogP contribution is 2.33. The molecule has 1 aliphatic heterocycles. The normalized spacial score (nSPS) is 12.3. The summed E-state index contributed by atoms with van der Waals surface area (Å²) in [6.07, 6.45) is 1.67. The average Bonchev–Trinajstić information content (AvgIpc) is 3.27. The van der Waals surface area contributed by atoms with Crippen LogP contribution in [0.4, 0.5) is 0 Å². The van der Waals surface area contributed by atoms with Crippen molar-refractivity contribution in [1.82, 2.24) is 19.2 Å². The molecule has 1 amide bonds. The molecule has 2 aromatic heterocycles. The van der Waals surface area contributed by atoms with E-state index in [0.717, 1.165) is 17.0 Å². The van der Waals surface area contributed by atoms with Gasteiger partial charge < -0.3 is 14.4 Å². The topological polar surface area (TPSA) is 78.6 Å². The van der Waals surface area contributed by atoms with Crippen LogP contribution < -0.4 is 15.0 Å². The summed E-state index contributed by atoms with van der Waals surface area (Å²) in [6.45, 7) is 6.19. The third kappa shape index (κ3) is 3.24. The smallest absolute Gasteiger partial charge is 0.268 e. The van der Waals surface area contributed by atoms with Gasteiger partial charge >= 0.3 is 0 Å². The second-order valence-corrected chi connectivity index (χ2v) is 7.52. The van der Waals surface area contributed by atoms with Gasteiger partial charge in [-0.15, -0.1) is 0 Å². The van der Waals surface area contributed by atoms with E-state index in [1.807, 2.05) is 20.9 Å². The first-order valence-electron chi connectivity index (χ1n) is 9.64. The molecule has 156 valence electrons. The summed E-state index contributed by atoms with van der Waals surface area (Å²) in [5, 5.41) is 4.40. The molecular weight excluding hydrogens is 384 g/mol. The summed E-state index contributed by atoms with van der Waals surface area (Å²) < 4.78 is 14.0. The van der Waals surface area contributed by atoms with E-state index in [4.69, 9.17) is 9.47 Å². The van der Waals surface area contributed by atoms with Crippen molar-refractivity contribution in [3.63, 3.8) is 0 Å². The average molecular weight is 408 g/mol. The maximum absolute atomic E-state index is 13.3. The van der Waals surface area contributed by atoms with Crippen LogP contribution in [-0.2, 0) is 13.6 Å². The summed E-state index contributed by atoms with van der Waals surface area (Å²) >= 11 is 0. The van der Waals surface area contributed by atoms with Gasteiger partial charge in [0, 0.05) is 44.2 Å². The zero-order valence-corrected chi connectivity index (χ0v) is 17.7. The molecule has 0 saturated heterocycles. The zero-order valence-electron chi connectivity index (χ0n) is 17.7. The number of benzene rings is 1. The highest BCUT2D eigenvalue weighted by atomic mass is 16.7. The maximum Gasteiger partial charge on any atom is 0.268 e. The second kappa shape index (κ2) is 7.37. The SMILES string of the molecule is Cc1ccn(-c2ccc3c(c2)OCO3)c(=O)c1C(=O)N(C)Cc1c(C)nn(C)c1C. The standard InChI is InChI=1S/C22H24N4O4/c1-13-8-9-26(16-6-7-18-19(10-16)30-12-29-18)22(28)20(13)21(27)24(4)11-17-14(2)23-25(5)15(17)3/h6-10H,11-12H2,1-5H3. The number of carbonyl (C=O) groups excluding carboxylic acids is 1. The number of ether oxygens (including phenoxy) is 2. The van der Waals surface area contributed by atoms with Gasteiger partial charge in [0.15, 0.2) is 11.5 Å². The van der Waals surface area contributed by atoms with Crippen molar-refractivity contribution in [2.75, 3.05) is 13.8 Å². The molecule has 4 rings (SSSR count). The Hall–Kier alpha value is -3.55. The van der Waals surface area contributed by atoms with Crippen molar-refractivity contribution < 1.29 is 14.3 Å². The van der Waals surface area contributed by atoms with E-state index in [1.165, 1.54) is 4.57 Å². The van der Waals surface area contributed by atoms with Crippen LogP contribution in [0.3, 0.4) is 0 Å². The van der Waals surface area contributed by atoms with Crippen LogP contribution in [0.25, 0.3) is 5.69 Å². The molecule has 0 N–H and O–H groups in total. The first kappa shape index (κ1) is 19.8. The van der Waals surface area contributed by atoms with Gasteiger partial charge in [-0.1, -0.05) is 0 Å². The van der Waals surface area contributed by atoms with E-state index in [9.17, 15) is 9.59 Å². The van der Waals surface area contributed by atoms with Gasteiger partial charge in [0.1, 0.15) is 5.56 Å². The van der Waals surface area contributed by atoms with Crippen molar-refractivity contribution in [3.05, 3.63) is 68.9 Å². The van der Waals surface area contributed by atoms with Crippen LogP contribution in [0, 0.1) is 20.8 Å². The number of hydrogen-bond acceptors (Lipinski definition) is 5. The fourth-order valence-corrected chi connectivity index (χ4v) is 3.67. The maximum atomic E-state index is 13.3. The molecule has 0 radical (unpaired) electrons. The van der Waals surface area contributed by atoms with E-state index in [2.05, 4.69) is 5.10 Å². The minimum Gasteiger partial charge on any atom is -0.454 e. The van der Waals surface area contributed by atoms with E-state index < -0.39 is 0 Å². The van der Waals surface area contributed by atoms with E-state index in [-0.39, 0.29) is 23.8 Å². The fraction of sp³-hybridized carbons (Fsp3) is 0.318. The predicted molar refractivity (Wildman–Crippen MR) is 111 cm³/mol. The first-order valence-corrected chi connectivity index (χ1v) is 9.64. The molecule has 3 aromatic rings. The van der Waals surface area contributed by atoms with Crippen molar-refractivity contribution in [2.24, 2.45) is 7.05 Å². The monoisotopic (exact) mass is 408 g/mol. The fourth-order valence-electron chi connectivity index (χ4n) is 3.67. The molecule has 0 fully saturated rings. The van der Waals surface area contributed by atoms with Gasteiger partial charge in [-0.3, -0.25) is 18.8 Å². The molecule has 1 aliphatic rings. The van der Waals surface area contributed by atoms with Crippen LogP contribution in [-0.4, -0.2) is 39.0 Å². The van der Waals surface area contributed by atoms with Gasteiger partial charge in [-0.25, -0.2) is 0 Å². The lowest BCUT2D eigenvalue weighted by Gasteiger charge is -2.19. The molecule has 0 unspecified atom stereocenters. The van der Waals surface area contributed by atoms with E-state index in [1.54, 1.807) is 54.0 Å². The second-order valence-electron chi connectivity index (χ2n) is 7.52. The minimum atomic E-state index is -0.370. The predicted octanol–water partition coefficient (Wildman–Crippen LogP) is 2.50. The molecule has 0 spiro atoms. The molecule has 3 heterocycles. The Balaban J connectivity index is 1.69. The van der Waals surface area contributed by atoms with Crippen molar-refractivity contribution >= 4 is 5.91 Å². The molecule has 8 nitrogen and oxygen atoms in total. The quantitative estimate of drug-likeness (QED) is 0.663. The molecule has 1 aromatic carbocycles. The van der Waals surface area contributed by atoms with Crippen LogP contribution in [0.15, 0.2) is 35.3 Å². The van der Waals surface area contributed by atoms with Crippen LogP contribution in [0.5, 0.6) is 11.5 Å². The summed E-state index contributed by atoms with van der Waals surface area (Å²) in [7, 11) is 3.57. The number of aromatic nitrogens is 3. The van der Waals surface area contributed by atoms with Gasteiger partial charge in [-0.2, -0.15) is 5.10 Å². The molecule has 0 bridgehead atoms. The van der Waals surface area contributed by atoms with Gasteiger partial charge in [0.25, 0.3) is 11.5 Å². The van der Waals surface area contributed by atoms with Crippen molar-refractivity contribution in [1.29, 1.82) is 0 Å². The highest BCUT2D eigenvalue weighted by Gasteiger charge is 2.23. The summed E-state index contributed by atoms with van der Waals surface area (Å²) in [5.41, 5.74) is 3.88. The molecule has 8 heteroatoms. The number of carbonyl (C=O) groups is 1. The summed E-state index contributed by atoms with van der Waals surface area (Å²) in [4.78, 5) is 28.0. The zero-order chi connectivity index (χ0) is 21.6. The van der Waals surface area contributed by atoms with Gasteiger partial charge in [0.05, 0.1) is 11.4 Å². The largest absolute Gasteiger partial charge is 0.454 e. The molecule has 0 saturated carbocycles. The Bertz CT molecular complexity index is 1210. The number of fused-ring (bicyclic) bond motifs is 1. The van der Waals surface area contributed by atoms with Crippen molar-refractivity contribution in [3.8, 4) is 17.2 Å². The highest BCUT2D eigenvalue weighted by molar-refractivity contribution is 5.95. The third-order valence-corrected chi connectivity index (χ3v) is 5.55. The third-order valence-electron chi connectivity index (χ3n) is 5.55. The number of hydrogen-bond donors (Lipinski definition) is 0.